The van der Waals surface area contributed by atoms with Crippen LogP contribution in [0.15, 0.2) is 53.1 Å². The van der Waals surface area contributed by atoms with Gasteiger partial charge in [-0.05, 0) is 37.6 Å². The molecule has 3 aromatic rings. The van der Waals surface area contributed by atoms with Crippen LogP contribution in [0.25, 0.3) is 11.3 Å². The third-order valence-electron chi connectivity index (χ3n) is 4.28. The van der Waals surface area contributed by atoms with Gasteiger partial charge in [0.05, 0.1) is 16.6 Å². The van der Waals surface area contributed by atoms with E-state index in [1.165, 1.54) is 12.1 Å². The van der Waals surface area contributed by atoms with Gasteiger partial charge in [0.15, 0.2) is 0 Å². The first-order valence-corrected chi connectivity index (χ1v) is 8.75. The fraction of sp³-hybridized carbons (Fsp3) is 0.200. The van der Waals surface area contributed by atoms with Gasteiger partial charge in [0.1, 0.15) is 17.0 Å². The lowest BCUT2D eigenvalue weighted by Gasteiger charge is -2.16. The average molecular weight is 409 g/mol. The first-order chi connectivity index (χ1) is 13.2. The molecule has 1 atom stereocenters. The van der Waals surface area contributed by atoms with E-state index >= 15 is 0 Å². The monoisotopic (exact) mass is 408 g/mol. The van der Waals surface area contributed by atoms with Gasteiger partial charge in [0.25, 0.3) is 5.91 Å². The molecule has 4 nitrogen and oxygen atoms in total. The zero-order valence-electron chi connectivity index (χ0n) is 15.0. The summed E-state index contributed by atoms with van der Waals surface area (Å²) in [4.78, 5) is 12.8. The van der Waals surface area contributed by atoms with Crippen molar-refractivity contribution in [3.63, 3.8) is 0 Å². The van der Waals surface area contributed by atoms with Gasteiger partial charge in [-0.15, -0.1) is 0 Å². The fourth-order valence-electron chi connectivity index (χ4n) is 2.81. The van der Waals surface area contributed by atoms with Gasteiger partial charge >= 0.3 is 6.18 Å². The standard InChI is InChI=1S/C20H16ClF3N2O2/c1-11(13-6-5-7-14(10-13)20(22,23)24)25-19(27)17-12(2)28-26-18(17)15-8-3-4-9-16(15)21/h3-11H,1-2H3,(H,25,27). The number of carbonyl (C=O) groups is 1. The molecular formula is C20H16ClF3N2O2. The highest BCUT2D eigenvalue weighted by Gasteiger charge is 2.31. The maximum atomic E-state index is 12.9. The molecule has 2 aromatic carbocycles. The van der Waals surface area contributed by atoms with E-state index in [1.54, 1.807) is 38.1 Å². The normalized spacial score (nSPS) is 12.6. The van der Waals surface area contributed by atoms with Crippen LogP contribution in [-0.4, -0.2) is 11.1 Å². The van der Waals surface area contributed by atoms with E-state index in [1.807, 2.05) is 0 Å². The molecule has 28 heavy (non-hydrogen) atoms. The molecular weight excluding hydrogens is 393 g/mol. The van der Waals surface area contributed by atoms with Gasteiger partial charge in [-0.3, -0.25) is 4.79 Å². The molecule has 0 spiro atoms. The number of benzene rings is 2. The molecule has 3 rings (SSSR count). The van der Waals surface area contributed by atoms with E-state index < -0.39 is 23.7 Å². The molecule has 8 heteroatoms. The molecule has 0 aliphatic rings. The van der Waals surface area contributed by atoms with Crippen molar-refractivity contribution >= 4 is 17.5 Å². The van der Waals surface area contributed by atoms with E-state index in [4.69, 9.17) is 16.1 Å². The summed E-state index contributed by atoms with van der Waals surface area (Å²) >= 11 is 6.19. The van der Waals surface area contributed by atoms with Crippen LogP contribution in [0.3, 0.4) is 0 Å². The zero-order chi connectivity index (χ0) is 20.5. The smallest absolute Gasteiger partial charge is 0.360 e. The molecule has 1 N–H and O–H groups in total. The molecule has 0 aliphatic carbocycles. The van der Waals surface area contributed by atoms with Crippen LogP contribution in [0.2, 0.25) is 5.02 Å². The maximum Gasteiger partial charge on any atom is 0.416 e. The SMILES string of the molecule is Cc1onc(-c2ccccc2Cl)c1C(=O)NC(C)c1cccc(C(F)(F)F)c1. The Kier molecular flexibility index (Phi) is 5.47. The number of aryl methyl sites for hydroxylation is 1. The highest BCUT2D eigenvalue weighted by molar-refractivity contribution is 6.33. The number of nitrogens with zero attached hydrogens (tertiary/aromatic N) is 1. The second-order valence-corrected chi connectivity index (χ2v) is 6.67. The van der Waals surface area contributed by atoms with Crippen molar-refractivity contribution in [3.8, 4) is 11.3 Å². The Morgan fingerprint density at radius 3 is 2.57 bits per heavy atom. The predicted molar refractivity (Wildman–Crippen MR) is 99.0 cm³/mol. The predicted octanol–water partition coefficient (Wildman–Crippen LogP) is 5.81. The van der Waals surface area contributed by atoms with Crippen molar-refractivity contribution in [2.75, 3.05) is 0 Å². The van der Waals surface area contributed by atoms with E-state index in [9.17, 15) is 18.0 Å². The van der Waals surface area contributed by atoms with Crippen LogP contribution < -0.4 is 5.32 Å². The Morgan fingerprint density at radius 1 is 1.18 bits per heavy atom. The van der Waals surface area contributed by atoms with Gasteiger partial charge in [-0.25, -0.2) is 0 Å². The molecule has 0 saturated carbocycles. The largest absolute Gasteiger partial charge is 0.416 e. The molecule has 1 heterocycles. The van der Waals surface area contributed by atoms with Gasteiger partial charge in [-0.1, -0.05) is 47.1 Å². The second-order valence-electron chi connectivity index (χ2n) is 6.26. The molecule has 0 radical (unpaired) electrons. The lowest BCUT2D eigenvalue weighted by atomic mass is 10.0. The molecule has 1 aromatic heterocycles. The van der Waals surface area contributed by atoms with Crippen LogP contribution in [-0.2, 0) is 6.18 Å². The third kappa shape index (κ3) is 4.04. The van der Waals surface area contributed by atoms with Crippen LogP contribution in [0.4, 0.5) is 13.2 Å². The summed E-state index contributed by atoms with van der Waals surface area (Å²) in [6, 6.07) is 11.0. The molecule has 1 amide bonds. The van der Waals surface area contributed by atoms with Crippen LogP contribution in [0.5, 0.6) is 0 Å². The van der Waals surface area contributed by atoms with E-state index in [0.717, 1.165) is 12.1 Å². The summed E-state index contributed by atoms with van der Waals surface area (Å²) in [6.45, 7) is 3.18. The van der Waals surface area contributed by atoms with Crippen molar-refractivity contribution in [2.24, 2.45) is 0 Å². The minimum absolute atomic E-state index is 0.187. The average Bonchev–Trinajstić information content (AvgIpc) is 3.03. The van der Waals surface area contributed by atoms with E-state index in [-0.39, 0.29) is 17.0 Å². The lowest BCUT2D eigenvalue weighted by molar-refractivity contribution is -0.137. The summed E-state index contributed by atoms with van der Waals surface area (Å²) in [7, 11) is 0. The van der Waals surface area contributed by atoms with Crippen LogP contribution >= 0.6 is 11.6 Å². The van der Waals surface area contributed by atoms with E-state index in [2.05, 4.69) is 10.5 Å². The fourth-order valence-corrected chi connectivity index (χ4v) is 3.04. The minimum Gasteiger partial charge on any atom is -0.360 e. The third-order valence-corrected chi connectivity index (χ3v) is 4.61. The number of hydrogen-bond acceptors (Lipinski definition) is 3. The molecule has 0 fully saturated rings. The Bertz CT molecular complexity index is 1010. The first kappa shape index (κ1) is 19.9. The summed E-state index contributed by atoms with van der Waals surface area (Å²) < 4.78 is 43.9. The second kappa shape index (κ2) is 7.67. The zero-order valence-corrected chi connectivity index (χ0v) is 15.7. The topological polar surface area (TPSA) is 55.1 Å². The number of rotatable bonds is 4. The maximum absolute atomic E-state index is 12.9. The summed E-state index contributed by atoms with van der Waals surface area (Å²) in [5, 5.41) is 7.02. The highest BCUT2D eigenvalue weighted by Crippen LogP contribution is 2.32. The number of halogens is 4. The van der Waals surface area contributed by atoms with Crippen molar-refractivity contribution in [1.82, 2.24) is 10.5 Å². The molecule has 0 bridgehead atoms. The molecule has 0 aliphatic heterocycles. The number of amides is 1. The Morgan fingerprint density at radius 2 is 1.89 bits per heavy atom. The number of nitrogens with one attached hydrogen (secondary N) is 1. The number of alkyl halides is 3. The van der Waals surface area contributed by atoms with Crippen LogP contribution in [0.1, 0.15) is 40.2 Å². The van der Waals surface area contributed by atoms with Gasteiger partial charge in [0.2, 0.25) is 0 Å². The van der Waals surface area contributed by atoms with Crippen molar-refractivity contribution in [3.05, 3.63) is 76.0 Å². The Balaban J connectivity index is 1.89. The van der Waals surface area contributed by atoms with Gasteiger partial charge in [0, 0.05) is 5.56 Å². The van der Waals surface area contributed by atoms with Crippen LogP contribution in [0, 0.1) is 6.92 Å². The molecule has 0 saturated heterocycles. The summed E-state index contributed by atoms with van der Waals surface area (Å²) in [6.07, 6.45) is -4.46. The summed E-state index contributed by atoms with van der Waals surface area (Å²) in [5.74, 6) is -0.234. The molecule has 146 valence electrons. The Labute approximate surface area is 164 Å². The van der Waals surface area contributed by atoms with Crippen molar-refractivity contribution in [1.29, 1.82) is 0 Å². The minimum atomic E-state index is -4.46. The van der Waals surface area contributed by atoms with Gasteiger partial charge in [-0.2, -0.15) is 13.2 Å². The van der Waals surface area contributed by atoms with Gasteiger partial charge < -0.3 is 9.84 Å². The van der Waals surface area contributed by atoms with E-state index in [0.29, 0.717) is 16.1 Å². The highest BCUT2D eigenvalue weighted by atomic mass is 35.5. The quantitative estimate of drug-likeness (QED) is 0.592. The molecule has 1 unspecified atom stereocenters. The summed E-state index contributed by atoms with van der Waals surface area (Å²) in [5.41, 5.74) is 0.544. The van der Waals surface area contributed by atoms with Crippen molar-refractivity contribution in [2.45, 2.75) is 26.1 Å². The Hall–Kier alpha value is -2.80. The number of hydrogen-bond donors (Lipinski definition) is 1. The van der Waals surface area contributed by atoms with Crippen molar-refractivity contribution < 1.29 is 22.5 Å². The first-order valence-electron chi connectivity index (χ1n) is 8.37. The number of carbonyl (C=O) groups excluding carboxylic acids is 1. The lowest BCUT2D eigenvalue weighted by Crippen LogP contribution is -2.27. The number of aromatic nitrogens is 1.